The van der Waals surface area contributed by atoms with E-state index in [-0.39, 0.29) is 5.82 Å². The molecule has 1 aromatic rings. The normalized spacial score (nSPS) is 17.6. The molecule has 1 saturated heterocycles. The van der Waals surface area contributed by atoms with Gasteiger partial charge in [-0.15, -0.1) is 0 Å². The van der Waals surface area contributed by atoms with Gasteiger partial charge in [-0.3, -0.25) is 4.90 Å². The molecule has 0 aliphatic carbocycles. The maximum Gasteiger partial charge on any atom is 0.123 e. The lowest BCUT2D eigenvalue weighted by molar-refractivity contribution is 0.174. The van der Waals surface area contributed by atoms with Crippen LogP contribution in [0.5, 0.6) is 0 Å². The minimum absolute atomic E-state index is 0.122. The van der Waals surface area contributed by atoms with Gasteiger partial charge in [0.05, 0.1) is 0 Å². The maximum atomic E-state index is 13.3. The van der Waals surface area contributed by atoms with Crippen LogP contribution in [0.1, 0.15) is 37.8 Å². The second-order valence-corrected chi connectivity index (χ2v) is 6.84. The Bertz CT molecular complexity index is 437. The Labute approximate surface area is 128 Å². The number of aryl methyl sites for hydroxylation is 1. The first kappa shape index (κ1) is 16.4. The second-order valence-electron chi connectivity index (χ2n) is 6.84. The fourth-order valence-corrected chi connectivity index (χ4v) is 2.98. The van der Waals surface area contributed by atoms with Crippen molar-refractivity contribution in [1.29, 1.82) is 0 Å². The van der Waals surface area contributed by atoms with Gasteiger partial charge in [0.1, 0.15) is 5.82 Å². The Hall–Kier alpha value is -0.930. The average molecular weight is 292 g/mol. The van der Waals surface area contributed by atoms with Gasteiger partial charge in [-0.25, -0.2) is 4.39 Å². The molecular weight excluding hydrogens is 263 g/mol. The first-order valence-electron chi connectivity index (χ1n) is 8.22. The van der Waals surface area contributed by atoms with Crippen LogP contribution in [-0.2, 0) is 6.54 Å². The average Bonchev–Trinajstić information content (AvgIpc) is 2.44. The zero-order valence-electron chi connectivity index (χ0n) is 13.7. The number of nitrogens with zero attached hydrogens (tertiary/aromatic N) is 1. The molecule has 0 spiro atoms. The summed E-state index contributed by atoms with van der Waals surface area (Å²) in [6, 6.07) is 5.12. The lowest BCUT2D eigenvalue weighted by Gasteiger charge is -2.32. The summed E-state index contributed by atoms with van der Waals surface area (Å²) in [5.74, 6) is 1.40. The molecule has 0 amide bonds. The molecule has 0 saturated carbocycles. The van der Waals surface area contributed by atoms with Gasteiger partial charge in [0.25, 0.3) is 0 Å². The van der Waals surface area contributed by atoms with E-state index in [0.717, 1.165) is 50.1 Å². The van der Waals surface area contributed by atoms with Crippen molar-refractivity contribution in [2.45, 2.75) is 40.2 Å². The smallest absolute Gasteiger partial charge is 0.123 e. The van der Waals surface area contributed by atoms with Crippen LogP contribution in [0, 0.1) is 24.6 Å². The molecule has 118 valence electrons. The van der Waals surface area contributed by atoms with Crippen LogP contribution >= 0.6 is 0 Å². The highest BCUT2D eigenvalue weighted by molar-refractivity contribution is 5.26. The number of hydrogen-bond acceptors (Lipinski definition) is 2. The molecule has 2 nitrogen and oxygen atoms in total. The van der Waals surface area contributed by atoms with E-state index in [1.807, 2.05) is 6.07 Å². The lowest BCUT2D eigenvalue weighted by atomic mass is 9.96. The molecular formula is C18H29FN2. The van der Waals surface area contributed by atoms with E-state index in [1.165, 1.54) is 18.4 Å². The van der Waals surface area contributed by atoms with Crippen LogP contribution in [0.4, 0.5) is 4.39 Å². The lowest BCUT2D eigenvalue weighted by Crippen LogP contribution is -2.37. The number of likely N-dealkylation sites (tertiary alicyclic amines) is 1. The molecule has 2 rings (SSSR count). The van der Waals surface area contributed by atoms with Crippen molar-refractivity contribution in [2.75, 3.05) is 26.2 Å². The molecule has 0 atom stereocenters. The second kappa shape index (κ2) is 7.90. The van der Waals surface area contributed by atoms with Gasteiger partial charge in [-0.05, 0) is 81.0 Å². The molecule has 1 aliphatic heterocycles. The van der Waals surface area contributed by atoms with Gasteiger partial charge < -0.3 is 5.32 Å². The first-order chi connectivity index (χ1) is 10.0. The predicted molar refractivity (Wildman–Crippen MR) is 86.8 cm³/mol. The van der Waals surface area contributed by atoms with Crippen molar-refractivity contribution in [2.24, 2.45) is 11.8 Å². The number of piperidine rings is 1. The Balaban J connectivity index is 1.75. The van der Waals surface area contributed by atoms with E-state index in [1.54, 1.807) is 12.1 Å². The van der Waals surface area contributed by atoms with Crippen molar-refractivity contribution in [3.05, 3.63) is 35.1 Å². The van der Waals surface area contributed by atoms with Crippen molar-refractivity contribution < 1.29 is 4.39 Å². The van der Waals surface area contributed by atoms with E-state index in [9.17, 15) is 4.39 Å². The summed E-state index contributed by atoms with van der Waals surface area (Å²) in [7, 11) is 0. The highest BCUT2D eigenvalue weighted by atomic mass is 19.1. The Morgan fingerprint density at radius 1 is 1.29 bits per heavy atom. The quantitative estimate of drug-likeness (QED) is 0.862. The van der Waals surface area contributed by atoms with Gasteiger partial charge >= 0.3 is 0 Å². The Morgan fingerprint density at radius 2 is 2.00 bits per heavy atom. The van der Waals surface area contributed by atoms with E-state index >= 15 is 0 Å². The van der Waals surface area contributed by atoms with Crippen LogP contribution in [0.15, 0.2) is 18.2 Å². The van der Waals surface area contributed by atoms with Crippen LogP contribution in [-0.4, -0.2) is 31.1 Å². The van der Waals surface area contributed by atoms with Crippen molar-refractivity contribution in [3.8, 4) is 0 Å². The number of nitrogens with one attached hydrogen (secondary N) is 1. The summed E-state index contributed by atoms with van der Waals surface area (Å²) in [6.45, 7) is 12.0. The summed E-state index contributed by atoms with van der Waals surface area (Å²) < 4.78 is 13.3. The maximum absolute atomic E-state index is 13.3. The summed E-state index contributed by atoms with van der Waals surface area (Å²) >= 11 is 0. The molecule has 21 heavy (non-hydrogen) atoms. The highest BCUT2D eigenvalue weighted by Crippen LogP contribution is 2.20. The number of hydrogen-bond donors (Lipinski definition) is 1. The molecule has 0 bridgehead atoms. The summed E-state index contributed by atoms with van der Waals surface area (Å²) in [5, 5.41) is 3.57. The Kier molecular flexibility index (Phi) is 6.19. The standard InChI is InChI=1S/C18H29FN2/c1-14(2)11-20-12-16-6-8-21(9-7-16)13-17-10-18(19)5-4-15(17)3/h4-5,10,14,16,20H,6-9,11-13H2,1-3H3. The minimum atomic E-state index is -0.122. The van der Waals surface area contributed by atoms with E-state index < -0.39 is 0 Å². The third-order valence-corrected chi connectivity index (χ3v) is 4.40. The number of halogens is 1. The van der Waals surface area contributed by atoms with Gasteiger partial charge in [0, 0.05) is 6.54 Å². The molecule has 1 fully saturated rings. The molecule has 3 heteroatoms. The molecule has 1 heterocycles. The van der Waals surface area contributed by atoms with Crippen molar-refractivity contribution in [1.82, 2.24) is 10.2 Å². The molecule has 0 radical (unpaired) electrons. The van der Waals surface area contributed by atoms with Crippen molar-refractivity contribution in [3.63, 3.8) is 0 Å². The van der Waals surface area contributed by atoms with Crippen LogP contribution < -0.4 is 5.32 Å². The zero-order valence-corrected chi connectivity index (χ0v) is 13.7. The summed E-state index contributed by atoms with van der Waals surface area (Å²) in [5.41, 5.74) is 2.32. The predicted octanol–water partition coefficient (Wildman–Crippen LogP) is 3.59. The molecule has 1 aliphatic rings. The zero-order chi connectivity index (χ0) is 15.2. The minimum Gasteiger partial charge on any atom is -0.316 e. The van der Waals surface area contributed by atoms with E-state index in [0.29, 0.717) is 0 Å². The largest absolute Gasteiger partial charge is 0.316 e. The SMILES string of the molecule is Cc1ccc(F)cc1CN1CCC(CNCC(C)C)CC1. The molecule has 0 unspecified atom stereocenters. The van der Waals surface area contributed by atoms with Crippen LogP contribution in [0.25, 0.3) is 0 Å². The van der Waals surface area contributed by atoms with Gasteiger partial charge in [0.15, 0.2) is 0 Å². The monoisotopic (exact) mass is 292 g/mol. The van der Waals surface area contributed by atoms with E-state index in [4.69, 9.17) is 0 Å². The summed E-state index contributed by atoms with van der Waals surface area (Å²) in [4.78, 5) is 2.46. The molecule has 1 aromatic carbocycles. The van der Waals surface area contributed by atoms with Crippen LogP contribution in [0.3, 0.4) is 0 Å². The summed E-state index contributed by atoms with van der Waals surface area (Å²) in [6.07, 6.45) is 2.50. The van der Waals surface area contributed by atoms with Gasteiger partial charge in [-0.1, -0.05) is 19.9 Å². The number of benzene rings is 1. The molecule has 0 aromatic heterocycles. The topological polar surface area (TPSA) is 15.3 Å². The Morgan fingerprint density at radius 3 is 2.67 bits per heavy atom. The highest BCUT2D eigenvalue weighted by Gasteiger charge is 2.19. The van der Waals surface area contributed by atoms with Gasteiger partial charge in [-0.2, -0.15) is 0 Å². The van der Waals surface area contributed by atoms with Gasteiger partial charge in [0.2, 0.25) is 0 Å². The fourth-order valence-electron chi connectivity index (χ4n) is 2.98. The molecule has 1 N–H and O–H groups in total. The van der Waals surface area contributed by atoms with Crippen LogP contribution in [0.2, 0.25) is 0 Å². The third kappa shape index (κ3) is 5.40. The number of rotatable bonds is 6. The third-order valence-electron chi connectivity index (χ3n) is 4.40. The van der Waals surface area contributed by atoms with Crippen molar-refractivity contribution >= 4 is 0 Å². The van der Waals surface area contributed by atoms with E-state index in [2.05, 4.69) is 31.0 Å². The first-order valence-corrected chi connectivity index (χ1v) is 8.22. The fraction of sp³-hybridized carbons (Fsp3) is 0.667.